The van der Waals surface area contributed by atoms with E-state index in [0.717, 1.165) is 24.3 Å². The van der Waals surface area contributed by atoms with E-state index >= 15 is 0 Å². The lowest BCUT2D eigenvalue weighted by atomic mass is 9.99. The molecule has 2 atom stereocenters. The lowest BCUT2D eigenvalue weighted by Gasteiger charge is -2.24. The Hall–Kier alpha value is -1.10. The average molecular weight is 222 g/mol. The second-order valence-electron chi connectivity index (χ2n) is 4.02. The van der Waals surface area contributed by atoms with E-state index in [1.165, 1.54) is 5.56 Å². The van der Waals surface area contributed by atoms with Crippen LogP contribution in [0.5, 0.6) is 5.75 Å². The minimum absolute atomic E-state index is 0.000648. The number of fused-ring (bicyclic) bond motifs is 1. The van der Waals surface area contributed by atoms with E-state index in [2.05, 4.69) is 11.5 Å². The molecule has 88 valence electrons. The van der Waals surface area contributed by atoms with E-state index in [1.807, 2.05) is 19.1 Å². The average Bonchev–Trinajstić information content (AvgIpc) is 2.78. The maximum absolute atomic E-state index is 5.66. The number of benzene rings is 1. The molecule has 0 fully saturated rings. The molecule has 0 aromatic heterocycles. The summed E-state index contributed by atoms with van der Waals surface area (Å²) in [6, 6.07) is 6.12. The largest absolute Gasteiger partial charge is 0.493 e. The first-order valence-electron chi connectivity index (χ1n) is 5.51. The van der Waals surface area contributed by atoms with E-state index in [0.29, 0.717) is 0 Å². The quantitative estimate of drug-likeness (QED) is 0.593. The van der Waals surface area contributed by atoms with Crippen molar-refractivity contribution in [1.82, 2.24) is 5.43 Å². The molecule has 0 amide bonds. The van der Waals surface area contributed by atoms with Gasteiger partial charge in [0.15, 0.2) is 0 Å². The van der Waals surface area contributed by atoms with Gasteiger partial charge in [0.1, 0.15) is 5.75 Å². The molecule has 1 aliphatic rings. The first-order chi connectivity index (χ1) is 7.77. The molecule has 2 unspecified atom stereocenters. The van der Waals surface area contributed by atoms with Crippen LogP contribution in [0.2, 0.25) is 0 Å². The van der Waals surface area contributed by atoms with Crippen LogP contribution in [0.1, 0.15) is 24.1 Å². The predicted octanol–water partition coefficient (Wildman–Crippen LogP) is 1.16. The van der Waals surface area contributed by atoms with Gasteiger partial charge in [-0.05, 0) is 12.5 Å². The van der Waals surface area contributed by atoms with Crippen LogP contribution in [0.25, 0.3) is 0 Å². The highest BCUT2D eigenvalue weighted by molar-refractivity contribution is 5.45. The number of hydrogen-bond donors (Lipinski definition) is 2. The van der Waals surface area contributed by atoms with Crippen molar-refractivity contribution >= 4 is 0 Å². The van der Waals surface area contributed by atoms with Crippen LogP contribution in [0, 0.1) is 0 Å². The Morgan fingerprint density at radius 3 is 3.00 bits per heavy atom. The van der Waals surface area contributed by atoms with Gasteiger partial charge in [0.25, 0.3) is 0 Å². The molecule has 0 radical (unpaired) electrons. The van der Waals surface area contributed by atoms with Gasteiger partial charge in [-0.3, -0.25) is 11.3 Å². The molecule has 0 bridgehead atoms. The zero-order chi connectivity index (χ0) is 11.5. The van der Waals surface area contributed by atoms with Crippen molar-refractivity contribution in [3.63, 3.8) is 0 Å². The Morgan fingerprint density at radius 2 is 2.31 bits per heavy atom. The molecular weight excluding hydrogens is 204 g/mol. The van der Waals surface area contributed by atoms with Gasteiger partial charge in [-0.15, -0.1) is 0 Å². The van der Waals surface area contributed by atoms with Crippen LogP contribution in [0.15, 0.2) is 18.2 Å². The molecule has 1 aromatic carbocycles. The van der Waals surface area contributed by atoms with Crippen molar-refractivity contribution in [2.24, 2.45) is 5.84 Å². The summed E-state index contributed by atoms with van der Waals surface area (Å²) in [5.74, 6) is 6.56. The number of para-hydroxylation sites is 1. The Bertz CT molecular complexity index is 368. The number of methoxy groups -OCH3 is 1. The van der Waals surface area contributed by atoms with Gasteiger partial charge >= 0.3 is 0 Å². The SMILES string of the molecule is COC(C)C(NN)c1cccc2c1OCC2. The van der Waals surface area contributed by atoms with Crippen molar-refractivity contribution in [2.75, 3.05) is 13.7 Å². The van der Waals surface area contributed by atoms with Gasteiger partial charge in [0.05, 0.1) is 18.8 Å². The summed E-state index contributed by atoms with van der Waals surface area (Å²) in [4.78, 5) is 0. The minimum Gasteiger partial charge on any atom is -0.493 e. The molecule has 0 saturated heterocycles. The fraction of sp³-hybridized carbons (Fsp3) is 0.500. The van der Waals surface area contributed by atoms with E-state index in [1.54, 1.807) is 7.11 Å². The monoisotopic (exact) mass is 222 g/mol. The summed E-state index contributed by atoms with van der Waals surface area (Å²) in [6.07, 6.45) is 0.975. The maximum Gasteiger partial charge on any atom is 0.127 e. The topological polar surface area (TPSA) is 56.5 Å². The third-order valence-electron chi connectivity index (χ3n) is 3.10. The van der Waals surface area contributed by atoms with Crippen molar-refractivity contribution in [3.8, 4) is 5.75 Å². The Kier molecular flexibility index (Phi) is 3.43. The standard InChI is InChI=1S/C12H18N2O2/c1-8(15-2)11(14-13)10-5-3-4-9-6-7-16-12(9)10/h3-5,8,11,14H,6-7,13H2,1-2H3. The van der Waals surface area contributed by atoms with Crippen LogP contribution in [0.3, 0.4) is 0 Å². The van der Waals surface area contributed by atoms with Crippen molar-refractivity contribution in [2.45, 2.75) is 25.5 Å². The molecule has 3 N–H and O–H groups in total. The van der Waals surface area contributed by atoms with Crippen LogP contribution >= 0.6 is 0 Å². The summed E-state index contributed by atoms with van der Waals surface area (Å²) >= 11 is 0. The van der Waals surface area contributed by atoms with E-state index in [-0.39, 0.29) is 12.1 Å². The summed E-state index contributed by atoms with van der Waals surface area (Å²) in [7, 11) is 1.68. The molecule has 4 nitrogen and oxygen atoms in total. The van der Waals surface area contributed by atoms with E-state index in [4.69, 9.17) is 15.3 Å². The molecule has 4 heteroatoms. The van der Waals surface area contributed by atoms with Crippen molar-refractivity contribution in [1.29, 1.82) is 0 Å². The minimum atomic E-state index is -0.0435. The van der Waals surface area contributed by atoms with Crippen molar-refractivity contribution in [3.05, 3.63) is 29.3 Å². The lowest BCUT2D eigenvalue weighted by Crippen LogP contribution is -2.36. The lowest BCUT2D eigenvalue weighted by molar-refractivity contribution is 0.0821. The van der Waals surface area contributed by atoms with Gasteiger partial charge in [-0.1, -0.05) is 18.2 Å². The van der Waals surface area contributed by atoms with Gasteiger partial charge in [-0.25, -0.2) is 0 Å². The third-order valence-corrected chi connectivity index (χ3v) is 3.10. The molecule has 1 aliphatic heterocycles. The molecule has 1 heterocycles. The smallest absolute Gasteiger partial charge is 0.127 e. The molecule has 0 saturated carbocycles. The van der Waals surface area contributed by atoms with Gasteiger partial charge in [0.2, 0.25) is 0 Å². The summed E-state index contributed by atoms with van der Waals surface area (Å²) in [5, 5.41) is 0. The highest BCUT2D eigenvalue weighted by atomic mass is 16.5. The van der Waals surface area contributed by atoms with Gasteiger partial charge in [-0.2, -0.15) is 0 Å². The number of hydrogen-bond acceptors (Lipinski definition) is 4. The number of nitrogens with one attached hydrogen (secondary N) is 1. The van der Waals surface area contributed by atoms with Crippen LogP contribution in [-0.2, 0) is 11.2 Å². The van der Waals surface area contributed by atoms with E-state index in [9.17, 15) is 0 Å². The molecule has 16 heavy (non-hydrogen) atoms. The predicted molar refractivity (Wildman–Crippen MR) is 62.2 cm³/mol. The second-order valence-corrected chi connectivity index (χ2v) is 4.02. The first kappa shape index (κ1) is 11.4. The summed E-state index contributed by atoms with van der Waals surface area (Å²) in [6.45, 7) is 2.74. The zero-order valence-corrected chi connectivity index (χ0v) is 9.69. The van der Waals surface area contributed by atoms with Gasteiger partial charge in [0, 0.05) is 19.1 Å². The molecule has 0 aliphatic carbocycles. The fourth-order valence-corrected chi connectivity index (χ4v) is 2.10. The molecule has 2 rings (SSSR count). The zero-order valence-electron chi connectivity index (χ0n) is 9.69. The third kappa shape index (κ3) is 1.91. The van der Waals surface area contributed by atoms with Crippen molar-refractivity contribution < 1.29 is 9.47 Å². The highest BCUT2D eigenvalue weighted by Gasteiger charge is 2.25. The van der Waals surface area contributed by atoms with Crippen LogP contribution in [0.4, 0.5) is 0 Å². The molecule has 0 spiro atoms. The number of nitrogens with two attached hydrogens (primary N) is 1. The Balaban J connectivity index is 2.35. The number of ether oxygens (including phenoxy) is 2. The Labute approximate surface area is 95.7 Å². The van der Waals surface area contributed by atoms with E-state index < -0.39 is 0 Å². The summed E-state index contributed by atoms with van der Waals surface area (Å²) < 4.78 is 11.0. The fourth-order valence-electron chi connectivity index (χ4n) is 2.10. The first-order valence-corrected chi connectivity index (χ1v) is 5.51. The summed E-state index contributed by atoms with van der Waals surface area (Å²) in [5.41, 5.74) is 5.12. The Morgan fingerprint density at radius 1 is 1.50 bits per heavy atom. The van der Waals surface area contributed by atoms with Gasteiger partial charge < -0.3 is 9.47 Å². The van der Waals surface area contributed by atoms with Crippen LogP contribution < -0.4 is 16.0 Å². The molecular formula is C12H18N2O2. The maximum atomic E-state index is 5.66. The number of rotatable bonds is 4. The normalized spacial score (nSPS) is 17.7. The number of hydrazine groups is 1. The van der Waals surface area contributed by atoms with Crippen LogP contribution in [-0.4, -0.2) is 19.8 Å². The second kappa shape index (κ2) is 4.82. The molecule has 1 aromatic rings. The highest BCUT2D eigenvalue weighted by Crippen LogP contribution is 2.34.